The molecule has 0 unspecified atom stereocenters. The summed E-state index contributed by atoms with van der Waals surface area (Å²) in [7, 11) is 0. The SMILES string of the molecule is Cc1ccccc1COc1ccc2oc(-c3ccc(Cl)cc3)cc(=O)c2c1. The number of hydrogen-bond donors (Lipinski definition) is 0. The summed E-state index contributed by atoms with van der Waals surface area (Å²) in [6.45, 7) is 2.50. The van der Waals surface area contributed by atoms with Crippen molar-refractivity contribution < 1.29 is 9.15 Å². The van der Waals surface area contributed by atoms with E-state index >= 15 is 0 Å². The monoisotopic (exact) mass is 376 g/mol. The molecule has 4 heteroatoms. The summed E-state index contributed by atoms with van der Waals surface area (Å²) in [6, 6.07) is 22.1. The highest BCUT2D eigenvalue weighted by Gasteiger charge is 2.09. The van der Waals surface area contributed by atoms with Gasteiger partial charge in [-0.2, -0.15) is 0 Å². The summed E-state index contributed by atoms with van der Waals surface area (Å²) in [4.78, 5) is 12.6. The molecule has 0 saturated heterocycles. The van der Waals surface area contributed by atoms with Crippen molar-refractivity contribution in [2.75, 3.05) is 0 Å². The van der Waals surface area contributed by atoms with Gasteiger partial charge in [0.1, 0.15) is 23.7 Å². The normalized spacial score (nSPS) is 10.9. The van der Waals surface area contributed by atoms with Crippen LogP contribution in [0.3, 0.4) is 0 Å². The second-order valence-corrected chi connectivity index (χ2v) is 6.79. The Balaban J connectivity index is 1.64. The molecule has 0 aliphatic rings. The minimum Gasteiger partial charge on any atom is -0.489 e. The molecule has 4 rings (SSSR count). The van der Waals surface area contributed by atoms with Gasteiger partial charge in [-0.3, -0.25) is 4.79 Å². The molecule has 1 aromatic heterocycles. The lowest BCUT2D eigenvalue weighted by Crippen LogP contribution is -2.02. The highest BCUT2D eigenvalue weighted by atomic mass is 35.5. The molecule has 0 N–H and O–H groups in total. The third kappa shape index (κ3) is 3.74. The van der Waals surface area contributed by atoms with Crippen molar-refractivity contribution in [2.24, 2.45) is 0 Å². The largest absolute Gasteiger partial charge is 0.489 e. The van der Waals surface area contributed by atoms with E-state index < -0.39 is 0 Å². The van der Waals surface area contributed by atoms with E-state index in [1.54, 1.807) is 24.3 Å². The first-order chi connectivity index (χ1) is 13.1. The standard InChI is InChI=1S/C23H17ClO3/c1-15-4-2-3-5-17(15)14-26-19-10-11-22-20(12-19)21(25)13-23(27-22)16-6-8-18(24)9-7-16/h2-13H,14H2,1H3. The van der Waals surface area contributed by atoms with Gasteiger partial charge in [0.2, 0.25) is 0 Å². The molecular formula is C23H17ClO3. The van der Waals surface area contributed by atoms with E-state index in [4.69, 9.17) is 20.8 Å². The number of hydrogen-bond acceptors (Lipinski definition) is 3. The van der Waals surface area contributed by atoms with Gasteiger partial charge < -0.3 is 9.15 Å². The molecule has 4 aromatic rings. The van der Waals surface area contributed by atoms with Gasteiger partial charge in [0.05, 0.1) is 5.39 Å². The number of fused-ring (bicyclic) bond motifs is 1. The molecule has 3 aromatic carbocycles. The summed E-state index contributed by atoms with van der Waals surface area (Å²) in [5.41, 5.74) is 3.50. The van der Waals surface area contributed by atoms with Crippen LogP contribution < -0.4 is 10.2 Å². The van der Waals surface area contributed by atoms with Gasteiger partial charge in [-0.25, -0.2) is 0 Å². The van der Waals surface area contributed by atoms with Crippen LogP contribution in [-0.4, -0.2) is 0 Å². The number of halogens is 1. The Morgan fingerprint density at radius 1 is 0.963 bits per heavy atom. The second-order valence-electron chi connectivity index (χ2n) is 6.35. The predicted molar refractivity (Wildman–Crippen MR) is 108 cm³/mol. The van der Waals surface area contributed by atoms with Crippen molar-refractivity contribution in [3.05, 3.63) is 99.2 Å². The first-order valence-electron chi connectivity index (χ1n) is 8.61. The van der Waals surface area contributed by atoms with Crippen LogP contribution in [0.4, 0.5) is 0 Å². The van der Waals surface area contributed by atoms with Crippen molar-refractivity contribution >= 4 is 22.6 Å². The minimum atomic E-state index is -0.109. The summed E-state index contributed by atoms with van der Waals surface area (Å²) >= 11 is 5.92. The van der Waals surface area contributed by atoms with E-state index in [0.717, 1.165) is 11.1 Å². The average molecular weight is 377 g/mol. The predicted octanol–water partition coefficient (Wildman–Crippen LogP) is 6.00. The second kappa shape index (κ2) is 7.29. The van der Waals surface area contributed by atoms with Crippen molar-refractivity contribution in [1.82, 2.24) is 0 Å². The quantitative estimate of drug-likeness (QED) is 0.438. The fourth-order valence-corrected chi connectivity index (χ4v) is 3.04. The number of aryl methyl sites for hydroxylation is 1. The fraction of sp³-hybridized carbons (Fsp3) is 0.0870. The first kappa shape index (κ1) is 17.4. The molecule has 134 valence electrons. The maximum atomic E-state index is 12.6. The number of rotatable bonds is 4. The van der Waals surface area contributed by atoms with Crippen LogP contribution in [0.5, 0.6) is 5.75 Å². The number of benzene rings is 3. The zero-order chi connectivity index (χ0) is 18.8. The smallest absolute Gasteiger partial charge is 0.193 e. The lowest BCUT2D eigenvalue weighted by atomic mass is 10.1. The van der Waals surface area contributed by atoms with Crippen LogP contribution in [0.2, 0.25) is 5.02 Å². The van der Waals surface area contributed by atoms with E-state index in [-0.39, 0.29) is 5.43 Å². The average Bonchev–Trinajstić information content (AvgIpc) is 2.68. The van der Waals surface area contributed by atoms with Crippen LogP contribution in [0.1, 0.15) is 11.1 Å². The molecule has 0 amide bonds. The first-order valence-corrected chi connectivity index (χ1v) is 8.99. The lowest BCUT2D eigenvalue weighted by Gasteiger charge is -2.09. The fourth-order valence-electron chi connectivity index (χ4n) is 2.91. The van der Waals surface area contributed by atoms with Crippen molar-refractivity contribution in [2.45, 2.75) is 13.5 Å². The van der Waals surface area contributed by atoms with Gasteiger partial charge in [-0.15, -0.1) is 0 Å². The highest BCUT2D eigenvalue weighted by molar-refractivity contribution is 6.30. The molecular weight excluding hydrogens is 360 g/mol. The van der Waals surface area contributed by atoms with Crippen molar-refractivity contribution in [3.8, 4) is 17.1 Å². The molecule has 0 bridgehead atoms. The van der Waals surface area contributed by atoms with Gasteiger partial charge >= 0.3 is 0 Å². The summed E-state index contributed by atoms with van der Waals surface area (Å²) in [6.07, 6.45) is 0. The molecule has 27 heavy (non-hydrogen) atoms. The zero-order valence-corrected chi connectivity index (χ0v) is 15.5. The van der Waals surface area contributed by atoms with Crippen LogP contribution in [0.15, 0.2) is 82.0 Å². The van der Waals surface area contributed by atoms with Gasteiger partial charge in [-0.1, -0.05) is 35.9 Å². The van der Waals surface area contributed by atoms with Gasteiger partial charge in [0.15, 0.2) is 5.43 Å². The third-order valence-electron chi connectivity index (χ3n) is 4.48. The van der Waals surface area contributed by atoms with Gasteiger partial charge in [-0.05, 0) is 60.5 Å². The molecule has 3 nitrogen and oxygen atoms in total. The highest BCUT2D eigenvalue weighted by Crippen LogP contribution is 2.26. The van der Waals surface area contributed by atoms with Crippen LogP contribution in [0.25, 0.3) is 22.3 Å². The maximum absolute atomic E-state index is 12.6. The molecule has 0 aliphatic carbocycles. The van der Waals surface area contributed by atoms with E-state index in [2.05, 4.69) is 0 Å². The molecule has 0 aliphatic heterocycles. The Morgan fingerprint density at radius 2 is 1.74 bits per heavy atom. The van der Waals surface area contributed by atoms with Gasteiger partial charge in [0.25, 0.3) is 0 Å². The van der Waals surface area contributed by atoms with Crippen molar-refractivity contribution in [1.29, 1.82) is 0 Å². The van der Waals surface area contributed by atoms with E-state index in [1.807, 2.05) is 49.4 Å². The molecule has 0 atom stereocenters. The molecule has 0 radical (unpaired) electrons. The molecule has 0 saturated carbocycles. The van der Waals surface area contributed by atoms with Gasteiger partial charge in [0, 0.05) is 16.7 Å². The Morgan fingerprint density at radius 3 is 2.52 bits per heavy atom. The molecule has 0 spiro atoms. The molecule has 1 heterocycles. The summed E-state index contributed by atoms with van der Waals surface area (Å²) in [5.74, 6) is 1.15. The van der Waals surface area contributed by atoms with E-state index in [9.17, 15) is 4.79 Å². The van der Waals surface area contributed by atoms with E-state index in [1.165, 1.54) is 11.6 Å². The molecule has 0 fully saturated rings. The summed E-state index contributed by atoms with van der Waals surface area (Å²) in [5, 5.41) is 1.13. The Kier molecular flexibility index (Phi) is 4.69. The Labute approximate surface area is 161 Å². The maximum Gasteiger partial charge on any atom is 0.193 e. The minimum absolute atomic E-state index is 0.109. The Hall–Kier alpha value is -3.04. The zero-order valence-electron chi connectivity index (χ0n) is 14.7. The lowest BCUT2D eigenvalue weighted by molar-refractivity contribution is 0.305. The van der Waals surface area contributed by atoms with Crippen molar-refractivity contribution in [3.63, 3.8) is 0 Å². The van der Waals surface area contributed by atoms with Crippen LogP contribution in [-0.2, 0) is 6.61 Å². The van der Waals surface area contributed by atoms with E-state index in [0.29, 0.717) is 34.1 Å². The topological polar surface area (TPSA) is 39.4 Å². The number of ether oxygens (including phenoxy) is 1. The third-order valence-corrected chi connectivity index (χ3v) is 4.73. The Bertz CT molecular complexity index is 1160. The summed E-state index contributed by atoms with van der Waals surface area (Å²) < 4.78 is 11.8. The van der Waals surface area contributed by atoms with Crippen LogP contribution >= 0.6 is 11.6 Å². The van der Waals surface area contributed by atoms with Crippen LogP contribution in [0, 0.1) is 6.92 Å².